The minimum absolute atomic E-state index is 0.167. The summed E-state index contributed by atoms with van der Waals surface area (Å²) in [6, 6.07) is 2.15. The lowest BCUT2D eigenvalue weighted by Crippen LogP contribution is -2.38. The quantitative estimate of drug-likeness (QED) is 0.931. The molecule has 21 heavy (non-hydrogen) atoms. The van der Waals surface area contributed by atoms with Gasteiger partial charge in [0.05, 0.1) is 24.3 Å². The minimum atomic E-state index is 0.167. The van der Waals surface area contributed by atoms with Crippen LogP contribution in [0.1, 0.15) is 47.7 Å². The van der Waals surface area contributed by atoms with E-state index in [2.05, 4.69) is 15.3 Å². The van der Waals surface area contributed by atoms with Gasteiger partial charge in [-0.15, -0.1) is 5.10 Å². The fourth-order valence-corrected chi connectivity index (χ4v) is 3.27. The van der Waals surface area contributed by atoms with Crippen LogP contribution in [0.4, 0.5) is 0 Å². The Bertz CT molecular complexity index is 628. The summed E-state index contributed by atoms with van der Waals surface area (Å²) in [5, 5.41) is 7.85. The number of H-pyrrole nitrogens is 1. The Labute approximate surface area is 123 Å². The van der Waals surface area contributed by atoms with Gasteiger partial charge in [0.2, 0.25) is 0 Å². The predicted octanol–water partition coefficient (Wildman–Crippen LogP) is 1.79. The lowest BCUT2D eigenvalue weighted by molar-refractivity contribution is 0.0720. The van der Waals surface area contributed by atoms with Crippen molar-refractivity contribution in [2.24, 2.45) is 0 Å². The number of nitrogens with one attached hydrogen (secondary N) is 1. The normalized spacial score (nSPS) is 21.9. The zero-order valence-corrected chi connectivity index (χ0v) is 11.9. The van der Waals surface area contributed by atoms with Crippen molar-refractivity contribution in [3.8, 4) is 0 Å². The molecular formula is C15H19N5O. The number of aromatic nitrogens is 4. The van der Waals surface area contributed by atoms with Crippen molar-refractivity contribution in [3.05, 3.63) is 35.9 Å². The Hall–Kier alpha value is -2.11. The number of carbonyl (C=O) groups excluding carboxylic acids is 1. The predicted molar refractivity (Wildman–Crippen MR) is 76.8 cm³/mol. The standard InChI is InChI=1S/C15H19N5O/c21-15(13-5-6-16-14(13)11-3-4-11)20-8-1-2-12(20)10-19-9-7-17-18-19/h5-7,9,11-12,16H,1-4,8,10H2/t12-/m0/s1. The Morgan fingerprint density at radius 2 is 2.29 bits per heavy atom. The van der Waals surface area contributed by atoms with Crippen LogP contribution in [0.5, 0.6) is 0 Å². The highest BCUT2D eigenvalue weighted by Gasteiger charge is 2.34. The largest absolute Gasteiger partial charge is 0.364 e. The molecule has 2 fully saturated rings. The third-order valence-corrected chi connectivity index (χ3v) is 4.50. The molecule has 0 bridgehead atoms. The van der Waals surface area contributed by atoms with Gasteiger partial charge in [0.25, 0.3) is 5.91 Å². The van der Waals surface area contributed by atoms with Crippen LogP contribution in [0.25, 0.3) is 0 Å². The highest BCUT2D eigenvalue weighted by molar-refractivity contribution is 5.96. The molecule has 0 spiro atoms. The number of hydrogen-bond acceptors (Lipinski definition) is 3. The van der Waals surface area contributed by atoms with Crippen LogP contribution in [0.2, 0.25) is 0 Å². The molecule has 1 amide bonds. The minimum Gasteiger partial charge on any atom is -0.364 e. The summed E-state index contributed by atoms with van der Waals surface area (Å²) in [5.41, 5.74) is 1.99. The van der Waals surface area contributed by atoms with E-state index in [9.17, 15) is 4.79 Å². The fraction of sp³-hybridized carbons (Fsp3) is 0.533. The number of rotatable bonds is 4. The Balaban J connectivity index is 1.53. The summed E-state index contributed by atoms with van der Waals surface area (Å²) in [7, 11) is 0. The summed E-state index contributed by atoms with van der Waals surface area (Å²) in [5.74, 6) is 0.732. The van der Waals surface area contributed by atoms with Gasteiger partial charge in [0.1, 0.15) is 0 Å². The first-order chi connectivity index (χ1) is 10.3. The Kier molecular flexibility index (Phi) is 3.02. The molecule has 2 aliphatic rings. The van der Waals surface area contributed by atoms with Crippen LogP contribution in [0.15, 0.2) is 24.7 Å². The van der Waals surface area contributed by atoms with E-state index in [0.29, 0.717) is 5.92 Å². The van der Waals surface area contributed by atoms with Crippen molar-refractivity contribution in [2.45, 2.75) is 44.2 Å². The van der Waals surface area contributed by atoms with Crippen molar-refractivity contribution in [1.29, 1.82) is 0 Å². The van der Waals surface area contributed by atoms with Gasteiger partial charge in [-0.1, -0.05) is 5.21 Å². The smallest absolute Gasteiger partial charge is 0.255 e. The molecule has 6 heteroatoms. The first kappa shape index (κ1) is 12.6. The van der Waals surface area contributed by atoms with E-state index in [1.807, 2.05) is 28.0 Å². The third kappa shape index (κ3) is 2.34. The Morgan fingerprint density at radius 1 is 1.38 bits per heavy atom. The number of hydrogen-bond donors (Lipinski definition) is 1. The van der Waals surface area contributed by atoms with Crippen molar-refractivity contribution >= 4 is 5.91 Å². The number of amides is 1. The van der Waals surface area contributed by atoms with Crippen LogP contribution in [-0.4, -0.2) is 43.4 Å². The highest BCUT2D eigenvalue weighted by Crippen LogP contribution is 2.41. The van der Waals surface area contributed by atoms with Gasteiger partial charge < -0.3 is 9.88 Å². The molecule has 2 aromatic heterocycles. The van der Waals surface area contributed by atoms with E-state index in [1.54, 1.807) is 6.20 Å². The number of nitrogens with zero attached hydrogens (tertiary/aromatic N) is 4. The van der Waals surface area contributed by atoms with Gasteiger partial charge in [-0.25, -0.2) is 0 Å². The molecule has 1 aliphatic carbocycles. The maximum absolute atomic E-state index is 12.9. The van der Waals surface area contributed by atoms with Crippen molar-refractivity contribution < 1.29 is 4.79 Å². The van der Waals surface area contributed by atoms with Gasteiger partial charge in [-0.05, 0) is 37.7 Å². The second kappa shape index (κ2) is 5.02. The molecule has 1 saturated heterocycles. The van der Waals surface area contributed by atoms with E-state index in [0.717, 1.165) is 37.2 Å². The summed E-state index contributed by atoms with van der Waals surface area (Å²) < 4.78 is 1.81. The van der Waals surface area contributed by atoms with Crippen molar-refractivity contribution in [2.75, 3.05) is 6.54 Å². The average molecular weight is 285 g/mol. The monoisotopic (exact) mass is 285 g/mol. The number of likely N-dealkylation sites (tertiary alicyclic amines) is 1. The zero-order chi connectivity index (χ0) is 14.2. The molecule has 2 aromatic rings. The topological polar surface area (TPSA) is 66.8 Å². The van der Waals surface area contributed by atoms with E-state index >= 15 is 0 Å². The fourth-order valence-electron chi connectivity index (χ4n) is 3.27. The molecule has 6 nitrogen and oxygen atoms in total. The van der Waals surface area contributed by atoms with E-state index in [-0.39, 0.29) is 11.9 Å². The molecule has 1 N–H and O–H groups in total. The maximum Gasteiger partial charge on any atom is 0.255 e. The second-order valence-corrected chi connectivity index (χ2v) is 6.00. The molecule has 1 aliphatic heterocycles. The van der Waals surface area contributed by atoms with Crippen molar-refractivity contribution in [1.82, 2.24) is 24.9 Å². The molecule has 0 radical (unpaired) electrons. The molecule has 3 heterocycles. The van der Waals surface area contributed by atoms with Crippen molar-refractivity contribution in [3.63, 3.8) is 0 Å². The second-order valence-electron chi connectivity index (χ2n) is 6.00. The Morgan fingerprint density at radius 3 is 3.05 bits per heavy atom. The van der Waals surface area contributed by atoms with Crippen LogP contribution >= 0.6 is 0 Å². The van der Waals surface area contributed by atoms with Gasteiger partial charge in [0, 0.05) is 24.6 Å². The lowest BCUT2D eigenvalue weighted by Gasteiger charge is -2.24. The van der Waals surface area contributed by atoms with Crippen LogP contribution < -0.4 is 0 Å². The van der Waals surface area contributed by atoms with Gasteiger partial charge >= 0.3 is 0 Å². The maximum atomic E-state index is 12.9. The zero-order valence-electron chi connectivity index (χ0n) is 11.9. The lowest BCUT2D eigenvalue weighted by atomic mass is 10.1. The molecule has 4 rings (SSSR count). The summed E-state index contributed by atoms with van der Waals surface area (Å²) in [4.78, 5) is 18.1. The van der Waals surface area contributed by atoms with Crippen LogP contribution in [0, 0.1) is 0 Å². The number of aromatic amines is 1. The van der Waals surface area contributed by atoms with E-state index < -0.39 is 0 Å². The van der Waals surface area contributed by atoms with Gasteiger partial charge in [0.15, 0.2) is 0 Å². The first-order valence-electron chi connectivity index (χ1n) is 7.65. The SMILES string of the molecule is O=C(c1cc[nH]c1C1CC1)N1CCC[C@H]1Cn1ccnn1. The third-order valence-electron chi connectivity index (χ3n) is 4.50. The molecule has 0 aromatic carbocycles. The first-order valence-corrected chi connectivity index (χ1v) is 7.65. The number of carbonyl (C=O) groups is 1. The molecule has 1 atom stereocenters. The molecule has 1 saturated carbocycles. The molecular weight excluding hydrogens is 266 g/mol. The van der Waals surface area contributed by atoms with Gasteiger partial charge in [-0.3, -0.25) is 9.48 Å². The average Bonchev–Trinajstić information content (AvgIpc) is 2.96. The summed E-state index contributed by atoms with van der Waals surface area (Å²) in [6.45, 7) is 1.57. The van der Waals surface area contributed by atoms with E-state index in [4.69, 9.17) is 0 Å². The molecule has 110 valence electrons. The highest BCUT2D eigenvalue weighted by atomic mass is 16.2. The summed E-state index contributed by atoms with van der Waals surface area (Å²) in [6.07, 6.45) is 9.92. The molecule has 0 unspecified atom stereocenters. The summed E-state index contributed by atoms with van der Waals surface area (Å²) >= 11 is 0. The van der Waals surface area contributed by atoms with Crippen LogP contribution in [-0.2, 0) is 6.54 Å². The van der Waals surface area contributed by atoms with Gasteiger partial charge in [-0.2, -0.15) is 0 Å². The van der Waals surface area contributed by atoms with E-state index in [1.165, 1.54) is 12.8 Å². The van der Waals surface area contributed by atoms with Crippen LogP contribution in [0.3, 0.4) is 0 Å².